The fourth-order valence-electron chi connectivity index (χ4n) is 3.75. The Bertz CT molecular complexity index is 1060. The molecule has 0 saturated carbocycles. The average molecular weight is 498 g/mol. The number of benzene rings is 2. The lowest BCUT2D eigenvalue weighted by Crippen LogP contribution is -2.50. The van der Waals surface area contributed by atoms with Crippen LogP contribution in [-0.2, 0) is 14.3 Å². The molecule has 0 fully saturated rings. The number of carbonyl (C=O) groups excluding carboxylic acids is 3. The Hall–Kier alpha value is -3.55. The largest absolute Gasteiger partial charge is 0.497 e. The van der Waals surface area contributed by atoms with Crippen LogP contribution in [-0.4, -0.2) is 48.1 Å². The highest BCUT2D eigenvalue weighted by molar-refractivity contribution is 5.98. The van der Waals surface area contributed by atoms with E-state index in [1.807, 2.05) is 45.9 Å². The molecule has 196 valence electrons. The summed E-state index contributed by atoms with van der Waals surface area (Å²) in [6, 6.07) is 11.7. The van der Waals surface area contributed by atoms with E-state index in [9.17, 15) is 14.4 Å². The zero-order valence-corrected chi connectivity index (χ0v) is 22.6. The van der Waals surface area contributed by atoms with Gasteiger partial charge in [0.05, 0.1) is 7.11 Å². The van der Waals surface area contributed by atoms with E-state index in [-0.39, 0.29) is 24.4 Å². The van der Waals surface area contributed by atoms with E-state index in [0.717, 1.165) is 16.7 Å². The summed E-state index contributed by atoms with van der Waals surface area (Å²) in [6.07, 6.45) is -0.0686. The second-order valence-electron chi connectivity index (χ2n) is 9.89. The quantitative estimate of drug-likeness (QED) is 0.500. The zero-order valence-electron chi connectivity index (χ0n) is 22.6. The van der Waals surface area contributed by atoms with Crippen LogP contribution in [0.5, 0.6) is 5.75 Å². The Labute approximate surface area is 214 Å². The number of hydrogen-bond acceptors (Lipinski definition) is 5. The molecule has 0 heterocycles. The van der Waals surface area contributed by atoms with Crippen molar-refractivity contribution in [2.45, 2.75) is 72.6 Å². The first-order valence-electron chi connectivity index (χ1n) is 12.2. The summed E-state index contributed by atoms with van der Waals surface area (Å²) in [5.41, 5.74) is 2.48. The van der Waals surface area contributed by atoms with E-state index in [1.165, 1.54) is 0 Å². The van der Waals surface area contributed by atoms with Gasteiger partial charge in [0.15, 0.2) is 0 Å². The normalized spacial score (nSPS) is 12.8. The van der Waals surface area contributed by atoms with Gasteiger partial charge < -0.3 is 25.0 Å². The Morgan fingerprint density at radius 2 is 1.67 bits per heavy atom. The molecular weight excluding hydrogens is 458 g/mol. The van der Waals surface area contributed by atoms with Crippen molar-refractivity contribution in [1.29, 1.82) is 0 Å². The zero-order chi connectivity index (χ0) is 27.0. The van der Waals surface area contributed by atoms with Gasteiger partial charge in [0.1, 0.15) is 23.9 Å². The van der Waals surface area contributed by atoms with Crippen LogP contribution in [0.3, 0.4) is 0 Å². The lowest BCUT2D eigenvalue weighted by atomic mass is 9.95. The van der Waals surface area contributed by atoms with Gasteiger partial charge in [-0.3, -0.25) is 9.59 Å². The van der Waals surface area contributed by atoms with Gasteiger partial charge in [0.2, 0.25) is 5.91 Å². The lowest BCUT2D eigenvalue weighted by Gasteiger charge is -2.36. The maximum absolute atomic E-state index is 13.8. The first-order valence-corrected chi connectivity index (χ1v) is 12.2. The third-order valence-electron chi connectivity index (χ3n) is 5.75. The van der Waals surface area contributed by atoms with Crippen LogP contribution in [0.2, 0.25) is 0 Å². The molecule has 2 aromatic rings. The maximum Gasteiger partial charge on any atom is 0.408 e. The number of anilines is 1. The van der Waals surface area contributed by atoms with Gasteiger partial charge in [-0.15, -0.1) is 0 Å². The van der Waals surface area contributed by atoms with Crippen LogP contribution >= 0.6 is 0 Å². The predicted molar refractivity (Wildman–Crippen MR) is 141 cm³/mol. The minimum atomic E-state index is -0.908. The van der Waals surface area contributed by atoms with Gasteiger partial charge in [-0.2, -0.15) is 0 Å². The number of alkyl carbamates (subject to hydrolysis) is 1. The van der Waals surface area contributed by atoms with Gasteiger partial charge in [-0.05, 0) is 83.4 Å². The average Bonchev–Trinajstić information content (AvgIpc) is 2.81. The van der Waals surface area contributed by atoms with E-state index >= 15 is 0 Å². The van der Waals surface area contributed by atoms with Crippen LogP contribution < -0.4 is 15.4 Å². The van der Waals surface area contributed by atoms with Crippen LogP contribution in [0.25, 0.3) is 0 Å². The molecule has 2 rings (SSSR count). The van der Waals surface area contributed by atoms with Crippen LogP contribution in [0, 0.1) is 13.8 Å². The first kappa shape index (κ1) is 28.7. The summed E-state index contributed by atoms with van der Waals surface area (Å²) in [5.74, 6) is -0.0607. The van der Waals surface area contributed by atoms with Crippen LogP contribution in [0.15, 0.2) is 42.5 Å². The number of amides is 3. The molecule has 0 aliphatic heterocycles. The molecule has 2 N–H and O–H groups in total. The molecule has 36 heavy (non-hydrogen) atoms. The molecule has 0 aromatic heterocycles. The molecule has 0 bridgehead atoms. The molecule has 0 aliphatic rings. The van der Waals surface area contributed by atoms with Crippen molar-refractivity contribution in [3.8, 4) is 5.75 Å². The summed E-state index contributed by atoms with van der Waals surface area (Å²) in [4.78, 5) is 41.1. The highest BCUT2D eigenvalue weighted by atomic mass is 16.6. The molecule has 2 aromatic carbocycles. The van der Waals surface area contributed by atoms with Crippen molar-refractivity contribution in [1.82, 2.24) is 10.2 Å². The number of hydrogen-bond donors (Lipinski definition) is 2. The van der Waals surface area contributed by atoms with Crippen molar-refractivity contribution in [3.05, 3.63) is 59.2 Å². The van der Waals surface area contributed by atoms with E-state index in [1.54, 1.807) is 57.0 Å². The van der Waals surface area contributed by atoms with Crippen LogP contribution in [0.4, 0.5) is 10.5 Å². The summed E-state index contributed by atoms with van der Waals surface area (Å²) < 4.78 is 10.5. The van der Waals surface area contributed by atoms with Gasteiger partial charge in [-0.1, -0.05) is 30.7 Å². The molecule has 0 radical (unpaired) electrons. The van der Waals surface area contributed by atoms with E-state index in [4.69, 9.17) is 9.47 Å². The number of aryl methyl sites for hydroxylation is 2. The Kier molecular flexibility index (Phi) is 9.90. The monoisotopic (exact) mass is 497 g/mol. The fraction of sp³-hybridized carbons (Fsp3) is 0.464. The van der Waals surface area contributed by atoms with Crippen molar-refractivity contribution in [3.63, 3.8) is 0 Å². The second kappa shape index (κ2) is 12.4. The molecule has 0 saturated heterocycles. The molecule has 2 atom stereocenters. The Morgan fingerprint density at radius 3 is 2.22 bits per heavy atom. The second-order valence-corrected chi connectivity index (χ2v) is 9.89. The lowest BCUT2D eigenvalue weighted by molar-refractivity contribution is -0.140. The van der Waals surface area contributed by atoms with Gasteiger partial charge >= 0.3 is 6.09 Å². The summed E-state index contributed by atoms with van der Waals surface area (Å²) in [7, 11) is 1.57. The molecule has 8 heteroatoms. The molecule has 0 spiro atoms. The third-order valence-corrected chi connectivity index (χ3v) is 5.75. The Balaban J connectivity index is 2.44. The third kappa shape index (κ3) is 8.00. The molecule has 3 amide bonds. The van der Waals surface area contributed by atoms with Gasteiger partial charge in [0.25, 0.3) is 5.91 Å². The number of methoxy groups -OCH3 is 1. The SMILES string of the molecule is CCC(C)N(C(=O)CNC(=O)OC(C)(C)C)C(C(=O)Nc1ccc(OC)cc1)c1cc(C)ccc1C. The van der Waals surface area contributed by atoms with Crippen molar-refractivity contribution < 1.29 is 23.9 Å². The molecular formula is C28H39N3O5. The first-order chi connectivity index (χ1) is 16.9. The highest BCUT2D eigenvalue weighted by Gasteiger charge is 2.35. The number of carbonyl (C=O) groups is 3. The minimum Gasteiger partial charge on any atom is -0.497 e. The fourth-order valence-corrected chi connectivity index (χ4v) is 3.75. The maximum atomic E-state index is 13.8. The minimum absolute atomic E-state index is 0.274. The van der Waals surface area contributed by atoms with E-state index in [0.29, 0.717) is 17.9 Å². The molecule has 8 nitrogen and oxygen atoms in total. The van der Waals surface area contributed by atoms with Crippen LogP contribution in [0.1, 0.15) is 63.8 Å². The number of nitrogens with one attached hydrogen (secondary N) is 2. The topological polar surface area (TPSA) is 97.0 Å². The Morgan fingerprint density at radius 1 is 1.03 bits per heavy atom. The van der Waals surface area contributed by atoms with E-state index in [2.05, 4.69) is 10.6 Å². The number of ether oxygens (including phenoxy) is 2. The highest BCUT2D eigenvalue weighted by Crippen LogP contribution is 2.30. The summed E-state index contributed by atoms with van der Waals surface area (Å²) in [6.45, 7) is 12.7. The summed E-state index contributed by atoms with van der Waals surface area (Å²) >= 11 is 0. The molecule has 0 aliphatic carbocycles. The van der Waals surface area contributed by atoms with Crippen molar-refractivity contribution >= 4 is 23.6 Å². The predicted octanol–water partition coefficient (Wildman–Crippen LogP) is 5.14. The number of rotatable bonds is 9. The standard InChI is InChI=1S/C28H39N3O5/c1-9-20(4)31(24(32)17-29-27(34)36-28(5,6)7)25(23-16-18(2)10-11-19(23)3)26(33)30-21-12-14-22(35-8)15-13-21/h10-16,20,25H,9,17H2,1-8H3,(H,29,34)(H,30,33). The van der Waals surface area contributed by atoms with Gasteiger partial charge in [0, 0.05) is 11.7 Å². The molecule has 2 unspecified atom stereocenters. The van der Waals surface area contributed by atoms with Crippen molar-refractivity contribution in [2.75, 3.05) is 19.0 Å². The van der Waals surface area contributed by atoms with Gasteiger partial charge in [-0.25, -0.2) is 4.79 Å². The van der Waals surface area contributed by atoms with Crippen molar-refractivity contribution in [2.24, 2.45) is 0 Å². The number of nitrogens with zero attached hydrogens (tertiary/aromatic N) is 1. The smallest absolute Gasteiger partial charge is 0.408 e. The van der Waals surface area contributed by atoms with E-state index < -0.39 is 17.7 Å². The summed E-state index contributed by atoms with van der Waals surface area (Å²) in [5, 5.41) is 5.48.